The minimum Gasteiger partial charge on any atom is -0.461 e. The highest BCUT2D eigenvalue weighted by atomic mass is 19.3. The Bertz CT molecular complexity index is 320. The molecule has 1 atom stereocenters. The van der Waals surface area contributed by atoms with E-state index >= 15 is 0 Å². The Morgan fingerprint density at radius 2 is 2.00 bits per heavy atom. The first-order chi connectivity index (χ1) is 8.45. The SMILES string of the molecule is CCOC(=O)C(F)(F)C(=O)N1CCCCC1CC. The number of likely N-dealkylation sites (tertiary alicyclic amines) is 1. The Labute approximate surface area is 105 Å². The Balaban J connectivity index is 2.80. The second-order valence-electron chi connectivity index (χ2n) is 4.35. The van der Waals surface area contributed by atoms with Crippen LogP contribution in [-0.4, -0.2) is 41.9 Å². The van der Waals surface area contributed by atoms with Crippen LogP contribution in [0, 0.1) is 0 Å². The van der Waals surface area contributed by atoms with Crippen molar-refractivity contribution < 1.29 is 23.1 Å². The highest BCUT2D eigenvalue weighted by Gasteiger charge is 2.52. The summed E-state index contributed by atoms with van der Waals surface area (Å²) in [7, 11) is 0. The van der Waals surface area contributed by atoms with Gasteiger partial charge in [0.2, 0.25) is 0 Å². The van der Waals surface area contributed by atoms with Crippen LogP contribution in [0.3, 0.4) is 0 Å². The van der Waals surface area contributed by atoms with Crippen LogP contribution in [0.5, 0.6) is 0 Å². The first-order valence-corrected chi connectivity index (χ1v) is 6.31. The summed E-state index contributed by atoms with van der Waals surface area (Å²) < 4.78 is 31.5. The minimum atomic E-state index is -4.07. The molecule has 0 radical (unpaired) electrons. The van der Waals surface area contributed by atoms with Gasteiger partial charge in [0.25, 0.3) is 0 Å². The Kier molecular flexibility index (Phi) is 5.04. The molecule has 0 aromatic heterocycles. The van der Waals surface area contributed by atoms with Crippen LogP contribution in [0.4, 0.5) is 8.78 Å². The fourth-order valence-electron chi connectivity index (χ4n) is 2.18. The van der Waals surface area contributed by atoms with Gasteiger partial charge in [-0.25, -0.2) is 4.79 Å². The maximum absolute atomic E-state index is 13.6. The number of hydrogen-bond donors (Lipinski definition) is 0. The van der Waals surface area contributed by atoms with Crippen molar-refractivity contribution in [2.45, 2.75) is 51.5 Å². The van der Waals surface area contributed by atoms with Crippen LogP contribution in [0.1, 0.15) is 39.5 Å². The predicted octanol–water partition coefficient (Wildman–Crippen LogP) is 1.98. The van der Waals surface area contributed by atoms with E-state index in [1.165, 1.54) is 6.92 Å². The number of esters is 1. The standard InChI is InChI=1S/C12H19F2NO3/c1-3-9-7-5-6-8-15(9)10(16)12(13,14)11(17)18-4-2/h9H,3-8H2,1-2H3. The molecule has 0 aromatic carbocycles. The Morgan fingerprint density at radius 1 is 1.33 bits per heavy atom. The highest BCUT2D eigenvalue weighted by molar-refractivity contribution is 6.04. The molecule has 18 heavy (non-hydrogen) atoms. The summed E-state index contributed by atoms with van der Waals surface area (Å²) in [6, 6.07) is -0.202. The molecule has 0 aromatic rings. The summed E-state index contributed by atoms with van der Waals surface area (Å²) in [5.74, 6) is -7.25. The van der Waals surface area contributed by atoms with Crippen LogP contribution in [0.2, 0.25) is 0 Å². The van der Waals surface area contributed by atoms with Gasteiger partial charge in [-0.15, -0.1) is 0 Å². The van der Waals surface area contributed by atoms with Gasteiger partial charge in [0.1, 0.15) is 0 Å². The van der Waals surface area contributed by atoms with Gasteiger partial charge < -0.3 is 9.64 Å². The Morgan fingerprint density at radius 3 is 2.56 bits per heavy atom. The number of carbonyl (C=O) groups excluding carboxylic acids is 2. The molecule has 1 unspecified atom stereocenters. The van der Waals surface area contributed by atoms with Crippen molar-refractivity contribution in [2.24, 2.45) is 0 Å². The van der Waals surface area contributed by atoms with Crippen molar-refractivity contribution in [1.82, 2.24) is 4.90 Å². The van der Waals surface area contributed by atoms with Gasteiger partial charge in [-0.05, 0) is 32.6 Å². The second kappa shape index (κ2) is 6.11. The maximum atomic E-state index is 13.6. The van der Waals surface area contributed by atoms with Gasteiger partial charge in [-0.2, -0.15) is 8.78 Å². The van der Waals surface area contributed by atoms with Crippen molar-refractivity contribution in [3.8, 4) is 0 Å². The van der Waals surface area contributed by atoms with E-state index in [4.69, 9.17) is 0 Å². The van der Waals surface area contributed by atoms with E-state index in [1.54, 1.807) is 0 Å². The molecule has 1 rings (SSSR count). The number of rotatable bonds is 4. The lowest BCUT2D eigenvalue weighted by Gasteiger charge is -2.36. The van der Waals surface area contributed by atoms with E-state index in [1.807, 2.05) is 6.92 Å². The molecule has 1 saturated heterocycles. The monoisotopic (exact) mass is 263 g/mol. The van der Waals surface area contributed by atoms with Crippen molar-refractivity contribution in [3.63, 3.8) is 0 Å². The quantitative estimate of drug-likeness (QED) is 0.575. The van der Waals surface area contributed by atoms with Crippen LogP contribution in [-0.2, 0) is 14.3 Å². The van der Waals surface area contributed by atoms with E-state index in [-0.39, 0.29) is 19.2 Å². The molecular formula is C12H19F2NO3. The zero-order valence-electron chi connectivity index (χ0n) is 10.7. The van der Waals surface area contributed by atoms with Gasteiger partial charge in [0, 0.05) is 12.6 Å². The molecule has 1 amide bonds. The summed E-state index contributed by atoms with van der Waals surface area (Å²) in [6.07, 6.45) is 2.94. The molecule has 1 heterocycles. The number of carbonyl (C=O) groups is 2. The number of halogens is 2. The molecule has 0 aliphatic carbocycles. The Hall–Kier alpha value is -1.20. The summed E-state index contributed by atoms with van der Waals surface area (Å²) in [5.41, 5.74) is 0. The van der Waals surface area contributed by atoms with Crippen LogP contribution >= 0.6 is 0 Å². The third-order valence-electron chi connectivity index (χ3n) is 3.16. The molecule has 6 heteroatoms. The van der Waals surface area contributed by atoms with Crippen molar-refractivity contribution >= 4 is 11.9 Å². The summed E-state index contributed by atoms with van der Waals surface area (Å²) in [4.78, 5) is 24.0. The largest absolute Gasteiger partial charge is 0.461 e. The summed E-state index contributed by atoms with van der Waals surface area (Å²) in [5, 5.41) is 0. The molecule has 0 saturated carbocycles. The van der Waals surface area contributed by atoms with Gasteiger partial charge in [-0.3, -0.25) is 4.79 Å². The molecule has 4 nitrogen and oxygen atoms in total. The zero-order chi connectivity index (χ0) is 13.8. The van der Waals surface area contributed by atoms with E-state index < -0.39 is 17.8 Å². The molecule has 1 fully saturated rings. The molecule has 0 bridgehead atoms. The average molecular weight is 263 g/mol. The van der Waals surface area contributed by atoms with Crippen LogP contribution in [0.25, 0.3) is 0 Å². The molecule has 0 N–H and O–H groups in total. The summed E-state index contributed by atoms with van der Waals surface area (Å²) >= 11 is 0. The maximum Gasteiger partial charge on any atom is 0.419 e. The third-order valence-corrected chi connectivity index (χ3v) is 3.16. The first-order valence-electron chi connectivity index (χ1n) is 6.31. The molecule has 1 aliphatic heterocycles. The van der Waals surface area contributed by atoms with Crippen molar-refractivity contribution in [2.75, 3.05) is 13.2 Å². The molecule has 104 valence electrons. The van der Waals surface area contributed by atoms with Crippen molar-refractivity contribution in [1.29, 1.82) is 0 Å². The van der Waals surface area contributed by atoms with Crippen molar-refractivity contribution in [3.05, 3.63) is 0 Å². The lowest BCUT2D eigenvalue weighted by molar-refractivity contribution is -0.184. The molecule has 0 spiro atoms. The van der Waals surface area contributed by atoms with Gasteiger partial charge in [-0.1, -0.05) is 6.92 Å². The fourth-order valence-corrected chi connectivity index (χ4v) is 2.18. The lowest BCUT2D eigenvalue weighted by atomic mass is 9.99. The molecular weight excluding hydrogens is 244 g/mol. The van der Waals surface area contributed by atoms with E-state index in [9.17, 15) is 18.4 Å². The number of ether oxygens (including phenoxy) is 1. The summed E-state index contributed by atoms with van der Waals surface area (Å²) in [6.45, 7) is 3.39. The smallest absolute Gasteiger partial charge is 0.419 e. The lowest BCUT2D eigenvalue weighted by Crippen LogP contribution is -2.54. The number of alkyl halides is 2. The average Bonchev–Trinajstić information content (AvgIpc) is 2.38. The van der Waals surface area contributed by atoms with Gasteiger partial charge >= 0.3 is 17.8 Å². The van der Waals surface area contributed by atoms with E-state index in [2.05, 4.69) is 4.74 Å². The van der Waals surface area contributed by atoms with Gasteiger partial charge in [0.05, 0.1) is 6.61 Å². The normalized spacial score (nSPS) is 20.7. The fraction of sp³-hybridized carbons (Fsp3) is 0.833. The minimum absolute atomic E-state index is 0.168. The number of amides is 1. The zero-order valence-corrected chi connectivity index (χ0v) is 10.7. The van der Waals surface area contributed by atoms with E-state index in [0.717, 1.165) is 11.3 Å². The first kappa shape index (κ1) is 14.9. The molecule has 1 aliphatic rings. The predicted molar refractivity (Wildman–Crippen MR) is 61.2 cm³/mol. The number of nitrogens with zero attached hydrogens (tertiary/aromatic N) is 1. The topological polar surface area (TPSA) is 46.6 Å². The number of piperidine rings is 1. The number of hydrogen-bond acceptors (Lipinski definition) is 3. The van der Waals surface area contributed by atoms with Crippen LogP contribution < -0.4 is 0 Å². The van der Waals surface area contributed by atoms with Gasteiger partial charge in [0.15, 0.2) is 0 Å². The third kappa shape index (κ3) is 2.97. The van der Waals surface area contributed by atoms with Crippen LogP contribution in [0.15, 0.2) is 0 Å². The second-order valence-corrected chi connectivity index (χ2v) is 4.35. The highest BCUT2D eigenvalue weighted by Crippen LogP contribution is 2.26. The van der Waals surface area contributed by atoms with E-state index in [0.29, 0.717) is 19.3 Å².